The van der Waals surface area contributed by atoms with Crippen LogP contribution in [0.2, 0.25) is 5.02 Å². The molecule has 0 unspecified atom stereocenters. The molecule has 33 heavy (non-hydrogen) atoms. The molecule has 0 radical (unpaired) electrons. The van der Waals surface area contributed by atoms with Crippen LogP contribution in [0.15, 0.2) is 59.0 Å². The molecule has 1 amide bonds. The number of carbonyl (C=O) groups excluding carboxylic acids is 1. The van der Waals surface area contributed by atoms with E-state index in [2.05, 4.69) is 36.3 Å². The molecule has 0 spiro atoms. The van der Waals surface area contributed by atoms with Crippen LogP contribution in [0.3, 0.4) is 0 Å². The summed E-state index contributed by atoms with van der Waals surface area (Å²) in [4.78, 5) is 17.7. The molecule has 1 N–H and O–H groups in total. The van der Waals surface area contributed by atoms with E-state index in [0.717, 1.165) is 11.9 Å². The Balaban J connectivity index is 1.67. The summed E-state index contributed by atoms with van der Waals surface area (Å²) in [5.41, 5.74) is 4.12. The number of anilines is 1. The number of hydrogen-bond acceptors (Lipinski definition) is 5. The highest BCUT2D eigenvalue weighted by molar-refractivity contribution is 6.34. The summed E-state index contributed by atoms with van der Waals surface area (Å²) in [5.74, 6) is 1.29. The van der Waals surface area contributed by atoms with Crippen molar-refractivity contribution in [2.75, 3.05) is 19.5 Å². The highest BCUT2D eigenvalue weighted by Gasteiger charge is 2.20. The van der Waals surface area contributed by atoms with Crippen LogP contribution in [-0.4, -0.2) is 25.1 Å². The van der Waals surface area contributed by atoms with Crippen LogP contribution >= 0.6 is 11.6 Å². The molecule has 1 atom stereocenters. The highest BCUT2D eigenvalue weighted by atomic mass is 35.5. The van der Waals surface area contributed by atoms with Crippen LogP contribution in [0.1, 0.15) is 42.1 Å². The quantitative estimate of drug-likeness (QED) is 0.321. The lowest BCUT2D eigenvalue weighted by Crippen LogP contribution is -2.15. The summed E-state index contributed by atoms with van der Waals surface area (Å²) in [7, 11) is 3.00. The molecule has 0 aliphatic rings. The highest BCUT2D eigenvalue weighted by Crippen LogP contribution is 2.34. The maximum absolute atomic E-state index is 13.1. The van der Waals surface area contributed by atoms with Crippen LogP contribution in [-0.2, 0) is 0 Å². The SMILES string of the molecule is CC[C@H](C)c1ccc2oc(-c3ccc(Cl)c(NC(=O)c4c(OC)cccc4OC)c3)nc2c1. The molecule has 3 aromatic carbocycles. The molecular formula is C26H25ClN2O4. The number of methoxy groups -OCH3 is 2. The second-order valence-corrected chi connectivity index (χ2v) is 8.15. The molecule has 1 heterocycles. The second-order valence-electron chi connectivity index (χ2n) is 7.74. The normalized spacial score (nSPS) is 11.9. The van der Waals surface area contributed by atoms with Crippen LogP contribution in [0.5, 0.6) is 11.5 Å². The summed E-state index contributed by atoms with van der Waals surface area (Å²) < 4.78 is 16.7. The van der Waals surface area contributed by atoms with E-state index in [1.807, 2.05) is 12.1 Å². The van der Waals surface area contributed by atoms with E-state index in [4.69, 9.17) is 25.5 Å². The zero-order valence-electron chi connectivity index (χ0n) is 18.9. The third kappa shape index (κ3) is 4.52. The Kier molecular flexibility index (Phi) is 6.56. The molecule has 0 saturated carbocycles. The first-order chi connectivity index (χ1) is 15.9. The Morgan fingerprint density at radius 3 is 2.48 bits per heavy atom. The van der Waals surface area contributed by atoms with E-state index < -0.39 is 5.91 Å². The van der Waals surface area contributed by atoms with Crippen molar-refractivity contribution in [3.63, 3.8) is 0 Å². The lowest BCUT2D eigenvalue weighted by molar-refractivity contribution is 0.102. The number of rotatable bonds is 7. The molecule has 7 heteroatoms. The number of hydrogen-bond donors (Lipinski definition) is 1. The molecule has 4 aromatic rings. The van der Waals surface area contributed by atoms with Gasteiger partial charge in [0.15, 0.2) is 5.58 Å². The van der Waals surface area contributed by atoms with Crippen molar-refractivity contribution in [2.24, 2.45) is 0 Å². The molecular weight excluding hydrogens is 440 g/mol. The van der Waals surface area contributed by atoms with E-state index in [9.17, 15) is 4.79 Å². The number of halogens is 1. The molecule has 0 aliphatic carbocycles. The summed E-state index contributed by atoms with van der Waals surface area (Å²) in [6.45, 7) is 4.35. The fourth-order valence-electron chi connectivity index (χ4n) is 3.62. The Labute approximate surface area is 197 Å². The van der Waals surface area contributed by atoms with Gasteiger partial charge in [-0.2, -0.15) is 0 Å². The van der Waals surface area contributed by atoms with Crippen molar-refractivity contribution in [2.45, 2.75) is 26.2 Å². The van der Waals surface area contributed by atoms with Gasteiger partial charge < -0.3 is 19.2 Å². The van der Waals surface area contributed by atoms with Gasteiger partial charge in [-0.05, 0) is 60.4 Å². The molecule has 170 valence electrons. The van der Waals surface area contributed by atoms with Gasteiger partial charge >= 0.3 is 0 Å². The third-order valence-corrected chi connectivity index (χ3v) is 6.04. The molecule has 1 aromatic heterocycles. The minimum Gasteiger partial charge on any atom is -0.496 e. The molecule has 6 nitrogen and oxygen atoms in total. The molecule has 0 aliphatic heterocycles. The van der Waals surface area contributed by atoms with E-state index in [-0.39, 0.29) is 5.56 Å². The Morgan fingerprint density at radius 1 is 1.09 bits per heavy atom. The molecule has 4 rings (SSSR count). The number of fused-ring (bicyclic) bond motifs is 1. The van der Waals surface area contributed by atoms with Crippen molar-refractivity contribution in [1.82, 2.24) is 4.98 Å². The summed E-state index contributed by atoms with van der Waals surface area (Å²) in [5, 5.41) is 3.24. The smallest absolute Gasteiger partial charge is 0.263 e. The Morgan fingerprint density at radius 2 is 1.82 bits per heavy atom. The van der Waals surface area contributed by atoms with E-state index in [1.165, 1.54) is 19.8 Å². The van der Waals surface area contributed by atoms with Crippen LogP contribution in [0, 0.1) is 0 Å². The second kappa shape index (κ2) is 9.55. The zero-order chi connectivity index (χ0) is 23.5. The van der Waals surface area contributed by atoms with Gasteiger partial charge in [-0.1, -0.05) is 37.6 Å². The lowest BCUT2D eigenvalue weighted by Gasteiger charge is -2.14. The van der Waals surface area contributed by atoms with Crippen molar-refractivity contribution < 1.29 is 18.7 Å². The van der Waals surface area contributed by atoms with Gasteiger partial charge in [0, 0.05) is 5.56 Å². The van der Waals surface area contributed by atoms with Crippen molar-refractivity contribution in [3.05, 3.63) is 70.7 Å². The zero-order valence-corrected chi connectivity index (χ0v) is 19.7. The maximum atomic E-state index is 13.1. The predicted octanol–water partition coefficient (Wildman–Crippen LogP) is 6.93. The summed E-state index contributed by atoms with van der Waals surface area (Å²) >= 11 is 6.38. The number of amides is 1. The number of carbonyl (C=O) groups is 1. The van der Waals surface area contributed by atoms with Gasteiger partial charge in [0.05, 0.1) is 24.9 Å². The van der Waals surface area contributed by atoms with Gasteiger partial charge in [-0.3, -0.25) is 4.79 Å². The van der Waals surface area contributed by atoms with E-state index in [0.29, 0.717) is 45.2 Å². The van der Waals surface area contributed by atoms with Crippen LogP contribution in [0.4, 0.5) is 5.69 Å². The van der Waals surface area contributed by atoms with Crippen LogP contribution in [0.25, 0.3) is 22.6 Å². The van der Waals surface area contributed by atoms with Crippen molar-refractivity contribution >= 4 is 34.3 Å². The molecule has 0 fully saturated rings. The first kappa shape index (κ1) is 22.7. The first-order valence-corrected chi connectivity index (χ1v) is 11.1. The number of benzene rings is 3. The van der Waals surface area contributed by atoms with Gasteiger partial charge in [0.25, 0.3) is 5.91 Å². The standard InChI is InChI=1S/C26H25ClN2O4/c1-5-15(2)16-10-12-21-20(13-16)29-26(33-21)17-9-11-18(27)19(14-17)28-25(30)24-22(31-3)7-6-8-23(24)32-4/h6-15H,5H2,1-4H3,(H,28,30)/t15-/m0/s1. The third-order valence-electron chi connectivity index (χ3n) is 5.71. The number of nitrogens with one attached hydrogen (secondary N) is 1. The summed E-state index contributed by atoms with van der Waals surface area (Å²) in [6, 6.07) is 16.5. The van der Waals surface area contributed by atoms with Gasteiger partial charge in [0.2, 0.25) is 5.89 Å². The van der Waals surface area contributed by atoms with Crippen molar-refractivity contribution in [3.8, 4) is 23.0 Å². The topological polar surface area (TPSA) is 73.6 Å². The average molecular weight is 465 g/mol. The molecule has 0 saturated heterocycles. The van der Waals surface area contributed by atoms with E-state index in [1.54, 1.807) is 30.3 Å². The Bertz CT molecular complexity index is 1290. The fourth-order valence-corrected chi connectivity index (χ4v) is 3.79. The monoisotopic (exact) mass is 464 g/mol. The Hall–Kier alpha value is -3.51. The minimum atomic E-state index is -0.404. The van der Waals surface area contributed by atoms with Crippen LogP contribution < -0.4 is 14.8 Å². The van der Waals surface area contributed by atoms with Gasteiger partial charge in [-0.15, -0.1) is 0 Å². The minimum absolute atomic E-state index is 0.281. The number of nitrogens with zero attached hydrogens (tertiary/aromatic N) is 1. The molecule has 0 bridgehead atoms. The van der Waals surface area contributed by atoms with Gasteiger partial charge in [-0.25, -0.2) is 4.98 Å². The first-order valence-electron chi connectivity index (χ1n) is 10.7. The number of oxazole rings is 1. The largest absolute Gasteiger partial charge is 0.496 e. The predicted molar refractivity (Wildman–Crippen MR) is 131 cm³/mol. The van der Waals surface area contributed by atoms with Gasteiger partial charge in [0.1, 0.15) is 22.6 Å². The fraction of sp³-hybridized carbons (Fsp3) is 0.231. The number of aromatic nitrogens is 1. The lowest BCUT2D eigenvalue weighted by atomic mass is 9.98. The van der Waals surface area contributed by atoms with Crippen molar-refractivity contribution in [1.29, 1.82) is 0 Å². The van der Waals surface area contributed by atoms with E-state index >= 15 is 0 Å². The maximum Gasteiger partial charge on any atom is 0.263 e. The average Bonchev–Trinajstić information content (AvgIpc) is 3.27. The number of ether oxygens (including phenoxy) is 2. The summed E-state index contributed by atoms with van der Waals surface area (Å²) in [6.07, 6.45) is 1.05.